The fraction of sp³-hybridized carbons (Fsp3) is 0.467. The summed E-state index contributed by atoms with van der Waals surface area (Å²) >= 11 is 0. The average molecular weight is 260 g/mol. The molecule has 0 atom stereocenters. The molecule has 19 heavy (non-hydrogen) atoms. The molecule has 0 aliphatic carbocycles. The maximum absolute atomic E-state index is 12.4. The quantitative estimate of drug-likeness (QED) is 0.917. The summed E-state index contributed by atoms with van der Waals surface area (Å²) in [6.07, 6.45) is 2.76. The van der Waals surface area contributed by atoms with Crippen LogP contribution in [0.5, 0.6) is 0 Å². The maximum Gasteiger partial charge on any atom is 0.261 e. The normalized spacial score (nSPS) is 12.0. The number of rotatable bonds is 4. The number of hydrogen-bond donors (Lipinski definition) is 1. The second kappa shape index (κ2) is 5.13. The van der Waals surface area contributed by atoms with Gasteiger partial charge in [0.2, 0.25) is 0 Å². The Morgan fingerprint density at radius 2 is 2.00 bits per heavy atom. The molecule has 0 saturated heterocycles. The zero-order valence-electron chi connectivity index (χ0n) is 11.7. The molecule has 1 aromatic heterocycles. The van der Waals surface area contributed by atoms with Crippen molar-refractivity contribution in [3.05, 3.63) is 40.4 Å². The third kappa shape index (κ3) is 2.54. The highest BCUT2D eigenvalue weighted by Gasteiger charge is 2.23. The summed E-state index contributed by atoms with van der Waals surface area (Å²) in [5, 5.41) is 11.0. The van der Waals surface area contributed by atoms with Gasteiger partial charge in [-0.05, 0) is 31.4 Å². The fourth-order valence-electron chi connectivity index (χ4n) is 2.24. The van der Waals surface area contributed by atoms with Gasteiger partial charge in [-0.15, -0.1) is 0 Å². The zero-order chi connectivity index (χ0) is 14.0. The molecule has 4 heteroatoms. The van der Waals surface area contributed by atoms with E-state index in [1.165, 1.54) is 10.9 Å². The summed E-state index contributed by atoms with van der Waals surface area (Å²) in [7, 11) is 0. The summed E-state index contributed by atoms with van der Waals surface area (Å²) in [5.41, 5.74) is 0.792. The van der Waals surface area contributed by atoms with Crippen LogP contribution in [0.25, 0.3) is 10.9 Å². The van der Waals surface area contributed by atoms with Crippen LogP contribution in [-0.4, -0.2) is 20.3 Å². The second-order valence-corrected chi connectivity index (χ2v) is 5.08. The lowest BCUT2D eigenvalue weighted by Gasteiger charge is -2.25. The van der Waals surface area contributed by atoms with Crippen molar-refractivity contribution in [2.24, 2.45) is 0 Å². The Morgan fingerprint density at radius 1 is 1.32 bits per heavy atom. The van der Waals surface area contributed by atoms with Crippen LogP contribution in [0.2, 0.25) is 0 Å². The van der Waals surface area contributed by atoms with E-state index in [0.29, 0.717) is 18.2 Å². The lowest BCUT2D eigenvalue weighted by molar-refractivity contribution is 0.0140. The van der Waals surface area contributed by atoms with Crippen molar-refractivity contribution in [3.8, 4) is 0 Å². The molecule has 0 saturated carbocycles. The number of benzene rings is 1. The van der Waals surface area contributed by atoms with Crippen molar-refractivity contribution in [1.29, 1.82) is 0 Å². The molecular formula is C15H20N2O2. The minimum Gasteiger partial charge on any atom is -0.388 e. The van der Waals surface area contributed by atoms with E-state index in [4.69, 9.17) is 0 Å². The number of para-hydroxylation sites is 1. The molecule has 4 nitrogen and oxygen atoms in total. The van der Waals surface area contributed by atoms with Crippen molar-refractivity contribution >= 4 is 10.9 Å². The van der Waals surface area contributed by atoms with Crippen LogP contribution in [0.3, 0.4) is 0 Å². The minimum atomic E-state index is -0.844. The first-order chi connectivity index (χ1) is 9.00. The molecule has 0 unspecified atom stereocenters. The largest absolute Gasteiger partial charge is 0.388 e. The first-order valence-electron chi connectivity index (χ1n) is 6.68. The molecule has 2 aromatic rings. The van der Waals surface area contributed by atoms with Crippen molar-refractivity contribution in [2.45, 2.75) is 45.8 Å². The van der Waals surface area contributed by atoms with Crippen LogP contribution in [-0.2, 0) is 6.54 Å². The Kier molecular flexibility index (Phi) is 3.71. The Hall–Kier alpha value is -1.68. The van der Waals surface area contributed by atoms with Crippen molar-refractivity contribution < 1.29 is 5.11 Å². The Balaban J connectivity index is 2.53. The highest BCUT2D eigenvalue weighted by atomic mass is 16.3. The number of fused-ring (bicyclic) bond motifs is 1. The molecule has 1 aromatic carbocycles. The first kappa shape index (κ1) is 13.7. The number of nitrogens with zero attached hydrogens (tertiary/aromatic N) is 2. The highest BCUT2D eigenvalue weighted by Crippen LogP contribution is 2.17. The van der Waals surface area contributed by atoms with Gasteiger partial charge in [-0.1, -0.05) is 26.0 Å². The van der Waals surface area contributed by atoms with E-state index >= 15 is 0 Å². The predicted molar refractivity (Wildman–Crippen MR) is 76.3 cm³/mol. The van der Waals surface area contributed by atoms with Crippen LogP contribution < -0.4 is 5.56 Å². The van der Waals surface area contributed by atoms with Gasteiger partial charge in [0.1, 0.15) is 0 Å². The molecule has 0 amide bonds. The van der Waals surface area contributed by atoms with Gasteiger partial charge in [0, 0.05) is 0 Å². The van der Waals surface area contributed by atoms with Gasteiger partial charge in [-0.3, -0.25) is 9.36 Å². The van der Waals surface area contributed by atoms with E-state index in [-0.39, 0.29) is 12.1 Å². The smallest absolute Gasteiger partial charge is 0.261 e. The number of hydrogen-bond acceptors (Lipinski definition) is 3. The Morgan fingerprint density at radius 3 is 2.63 bits per heavy atom. The average Bonchev–Trinajstić information content (AvgIpc) is 2.42. The van der Waals surface area contributed by atoms with Gasteiger partial charge in [-0.2, -0.15) is 0 Å². The molecule has 0 aliphatic heterocycles. The van der Waals surface area contributed by atoms with Crippen LogP contribution in [0, 0.1) is 6.92 Å². The fourth-order valence-corrected chi connectivity index (χ4v) is 2.24. The molecule has 0 bridgehead atoms. The van der Waals surface area contributed by atoms with Crippen LogP contribution in [0.15, 0.2) is 29.3 Å². The highest BCUT2D eigenvalue weighted by molar-refractivity contribution is 5.80. The van der Waals surface area contributed by atoms with Crippen LogP contribution in [0.4, 0.5) is 0 Å². The Bertz CT molecular complexity index is 642. The molecule has 1 N–H and O–H groups in total. The van der Waals surface area contributed by atoms with Gasteiger partial charge < -0.3 is 5.11 Å². The SMILES string of the molecule is CCC(O)(CC)Cn1cnc2c(C)cccc2c1=O. The van der Waals surface area contributed by atoms with Crippen molar-refractivity contribution in [1.82, 2.24) is 9.55 Å². The molecule has 1 heterocycles. The summed E-state index contributed by atoms with van der Waals surface area (Å²) in [6, 6.07) is 5.58. The maximum atomic E-state index is 12.4. The van der Waals surface area contributed by atoms with Crippen molar-refractivity contribution in [3.63, 3.8) is 0 Å². The van der Waals surface area contributed by atoms with Crippen LogP contribution >= 0.6 is 0 Å². The van der Waals surface area contributed by atoms with E-state index in [0.717, 1.165) is 11.1 Å². The Labute approximate surface area is 112 Å². The zero-order valence-corrected chi connectivity index (χ0v) is 11.7. The lowest BCUT2D eigenvalue weighted by Crippen LogP contribution is -2.37. The van der Waals surface area contributed by atoms with Gasteiger partial charge in [0.05, 0.1) is 29.4 Å². The topological polar surface area (TPSA) is 55.1 Å². The van der Waals surface area contributed by atoms with Gasteiger partial charge >= 0.3 is 0 Å². The first-order valence-corrected chi connectivity index (χ1v) is 6.68. The molecule has 0 fully saturated rings. The van der Waals surface area contributed by atoms with Gasteiger partial charge in [0.15, 0.2) is 0 Å². The minimum absolute atomic E-state index is 0.0889. The standard InChI is InChI=1S/C15H20N2O2/c1-4-15(19,5-2)9-17-10-16-13-11(3)7-6-8-12(13)14(17)18/h6-8,10,19H,4-5,9H2,1-3H3. The van der Waals surface area contributed by atoms with E-state index in [2.05, 4.69) is 4.98 Å². The van der Waals surface area contributed by atoms with E-state index in [1.807, 2.05) is 32.9 Å². The summed E-state index contributed by atoms with van der Waals surface area (Å²) in [4.78, 5) is 16.7. The summed E-state index contributed by atoms with van der Waals surface area (Å²) in [5.74, 6) is 0. The summed E-state index contributed by atoms with van der Waals surface area (Å²) < 4.78 is 1.51. The van der Waals surface area contributed by atoms with E-state index in [1.54, 1.807) is 6.07 Å². The molecule has 0 aliphatic rings. The van der Waals surface area contributed by atoms with Gasteiger partial charge in [-0.25, -0.2) is 4.98 Å². The third-order valence-electron chi connectivity index (χ3n) is 3.84. The van der Waals surface area contributed by atoms with Gasteiger partial charge in [0.25, 0.3) is 5.56 Å². The molecule has 2 rings (SSSR count). The van der Waals surface area contributed by atoms with Crippen LogP contribution in [0.1, 0.15) is 32.3 Å². The molecule has 0 spiro atoms. The second-order valence-electron chi connectivity index (χ2n) is 5.08. The molecule has 0 radical (unpaired) electrons. The summed E-state index contributed by atoms with van der Waals surface area (Å²) in [6.45, 7) is 6.07. The predicted octanol–water partition coefficient (Wildman–Crippen LogP) is 2.26. The number of aliphatic hydroxyl groups is 1. The van der Waals surface area contributed by atoms with E-state index in [9.17, 15) is 9.90 Å². The third-order valence-corrected chi connectivity index (χ3v) is 3.84. The van der Waals surface area contributed by atoms with E-state index < -0.39 is 5.60 Å². The van der Waals surface area contributed by atoms with Crippen molar-refractivity contribution in [2.75, 3.05) is 0 Å². The lowest BCUT2D eigenvalue weighted by atomic mass is 9.97. The molecule has 102 valence electrons. The monoisotopic (exact) mass is 260 g/mol. The molecular weight excluding hydrogens is 240 g/mol. The number of aromatic nitrogens is 2. The number of aryl methyl sites for hydroxylation is 1.